The number of anilines is 1. The molecule has 14 nitrogen and oxygen atoms in total. The number of halogens is 4. The number of nitrogens with zero attached hydrogens (tertiary/aromatic N) is 11. The third-order valence-corrected chi connectivity index (χ3v) is 7.56. The molecule has 0 atom stereocenters. The first-order valence-corrected chi connectivity index (χ1v) is 14.3. The molecule has 4 aromatic heterocycles. The molecule has 0 unspecified atom stereocenters. The Balaban J connectivity index is 1.30. The van der Waals surface area contributed by atoms with Crippen molar-refractivity contribution >= 4 is 17.2 Å². The summed E-state index contributed by atoms with van der Waals surface area (Å²) >= 11 is 0. The number of likely N-dealkylation sites (N-methyl/N-ethyl adjacent to an activating group) is 2. The lowest BCUT2D eigenvalue weighted by atomic mass is 10.0. The number of carbonyl (C=O) groups is 1. The van der Waals surface area contributed by atoms with E-state index in [2.05, 4.69) is 52.8 Å². The van der Waals surface area contributed by atoms with E-state index in [1.807, 2.05) is 7.05 Å². The van der Waals surface area contributed by atoms with Crippen molar-refractivity contribution in [2.75, 3.05) is 39.0 Å². The fraction of sp³-hybridized carbons (Fsp3) is 0.393. The van der Waals surface area contributed by atoms with Crippen LogP contribution in [-0.4, -0.2) is 113 Å². The first kappa shape index (κ1) is 31.0. The standard InChI is InChI=1S/C28H30F4N12O2/c1-40-13-18(14-40)41(2)8-9-44-37-24(36-39-44)16-42-15-21(35-27(45)20-12-34-43-7-3-6-33-26(20)43)25(38-42)19-10-17(11-23(29)30)4-5-22(19)46-28(31)32/h3-7,10,12,15,18,23,28H,8-9,11,13-14,16H2,1-2H3,(H,35,45). The zero-order valence-electron chi connectivity index (χ0n) is 24.8. The van der Waals surface area contributed by atoms with Gasteiger partial charge in [-0.05, 0) is 43.1 Å². The Kier molecular flexibility index (Phi) is 8.89. The Labute approximate surface area is 259 Å². The van der Waals surface area contributed by atoms with Crippen molar-refractivity contribution in [3.63, 3.8) is 0 Å². The molecule has 0 saturated carbocycles. The van der Waals surface area contributed by atoms with Gasteiger partial charge >= 0.3 is 6.61 Å². The number of aromatic nitrogens is 9. The van der Waals surface area contributed by atoms with E-state index < -0.39 is 25.4 Å². The molecular formula is C28H30F4N12O2. The highest BCUT2D eigenvalue weighted by Gasteiger charge is 2.27. The molecule has 0 radical (unpaired) electrons. The average Bonchev–Trinajstić information content (AvgIpc) is 3.73. The highest BCUT2D eigenvalue weighted by molar-refractivity contribution is 6.09. The predicted octanol–water partition coefficient (Wildman–Crippen LogP) is 2.53. The molecule has 1 aromatic carbocycles. The number of amides is 1. The zero-order chi connectivity index (χ0) is 32.4. The second-order valence-corrected chi connectivity index (χ2v) is 11.0. The van der Waals surface area contributed by atoms with Crippen molar-refractivity contribution in [1.29, 1.82) is 0 Å². The molecule has 1 amide bonds. The van der Waals surface area contributed by atoms with E-state index in [9.17, 15) is 22.4 Å². The Bertz CT molecular complexity index is 1820. The highest BCUT2D eigenvalue weighted by atomic mass is 19.3. The summed E-state index contributed by atoms with van der Waals surface area (Å²) in [5.74, 6) is -0.613. The second kappa shape index (κ2) is 13.2. The Morgan fingerprint density at radius 1 is 1.20 bits per heavy atom. The van der Waals surface area contributed by atoms with Gasteiger partial charge in [-0.15, -0.1) is 10.2 Å². The highest BCUT2D eigenvalue weighted by Crippen LogP contribution is 2.36. The molecular weight excluding hydrogens is 612 g/mol. The van der Waals surface area contributed by atoms with Crippen LogP contribution >= 0.6 is 0 Å². The van der Waals surface area contributed by atoms with Gasteiger partial charge in [0, 0.05) is 56.3 Å². The fourth-order valence-corrected chi connectivity index (χ4v) is 5.19. The molecule has 46 heavy (non-hydrogen) atoms. The van der Waals surface area contributed by atoms with Gasteiger partial charge in [-0.2, -0.15) is 23.8 Å². The molecule has 1 fully saturated rings. The third-order valence-electron chi connectivity index (χ3n) is 7.56. The van der Waals surface area contributed by atoms with Crippen LogP contribution in [-0.2, 0) is 19.5 Å². The van der Waals surface area contributed by atoms with E-state index in [0.717, 1.165) is 19.6 Å². The normalized spacial score (nSPS) is 14.1. The number of ether oxygens (including phenoxy) is 1. The summed E-state index contributed by atoms with van der Waals surface area (Å²) in [6, 6.07) is 5.85. The van der Waals surface area contributed by atoms with E-state index in [0.29, 0.717) is 18.4 Å². The fourth-order valence-electron chi connectivity index (χ4n) is 5.19. The van der Waals surface area contributed by atoms with E-state index in [1.54, 1.807) is 12.3 Å². The van der Waals surface area contributed by atoms with Crippen LogP contribution in [0.15, 0.2) is 49.1 Å². The molecule has 1 saturated heterocycles. The monoisotopic (exact) mass is 642 g/mol. The first-order valence-electron chi connectivity index (χ1n) is 14.3. The topological polar surface area (TPSA) is 136 Å². The van der Waals surface area contributed by atoms with Crippen molar-refractivity contribution < 1.29 is 27.1 Å². The van der Waals surface area contributed by atoms with Crippen molar-refractivity contribution in [2.45, 2.75) is 38.6 Å². The SMILES string of the molecule is CN1CC(N(C)CCn2nnc(Cn3cc(NC(=O)c4cnn5cccnc45)c(-c4cc(CC(F)F)ccc4OC(F)F)n3)n2)C1. The average molecular weight is 643 g/mol. The maximum atomic E-state index is 13.4. The Morgan fingerprint density at radius 3 is 2.78 bits per heavy atom. The van der Waals surface area contributed by atoms with E-state index in [1.165, 1.54) is 50.8 Å². The van der Waals surface area contributed by atoms with Crippen LogP contribution in [0, 0.1) is 0 Å². The number of hydrogen-bond acceptors (Lipinski definition) is 10. The number of likely N-dealkylation sites (tertiary alicyclic amines) is 1. The molecule has 1 aliphatic heterocycles. The minimum absolute atomic E-state index is 0.00373. The van der Waals surface area contributed by atoms with Crippen LogP contribution in [0.5, 0.6) is 5.75 Å². The van der Waals surface area contributed by atoms with Crippen LogP contribution in [0.3, 0.4) is 0 Å². The summed E-state index contributed by atoms with van der Waals surface area (Å²) in [6.45, 7) is 0.0247. The van der Waals surface area contributed by atoms with Crippen LogP contribution in [0.25, 0.3) is 16.9 Å². The second-order valence-electron chi connectivity index (χ2n) is 11.0. The first-order chi connectivity index (χ1) is 22.1. The van der Waals surface area contributed by atoms with Gasteiger partial charge in [0.05, 0.1) is 18.4 Å². The summed E-state index contributed by atoms with van der Waals surface area (Å²) in [7, 11) is 4.11. The Morgan fingerprint density at radius 2 is 2.02 bits per heavy atom. The number of carbonyl (C=O) groups excluding carboxylic acids is 1. The van der Waals surface area contributed by atoms with Crippen molar-refractivity contribution in [1.82, 2.24) is 54.4 Å². The molecule has 242 valence electrons. The predicted molar refractivity (Wildman–Crippen MR) is 156 cm³/mol. The maximum Gasteiger partial charge on any atom is 0.387 e. The van der Waals surface area contributed by atoms with E-state index >= 15 is 0 Å². The molecule has 6 rings (SSSR count). The Hall–Kier alpha value is -4.97. The van der Waals surface area contributed by atoms with Crippen LogP contribution in [0.1, 0.15) is 21.7 Å². The molecule has 1 N–H and O–H groups in total. The van der Waals surface area contributed by atoms with Gasteiger partial charge in [0.25, 0.3) is 5.91 Å². The summed E-state index contributed by atoms with van der Waals surface area (Å²) < 4.78 is 60.8. The minimum atomic E-state index is -3.20. The van der Waals surface area contributed by atoms with Gasteiger partial charge in [0.2, 0.25) is 6.43 Å². The summed E-state index contributed by atoms with van der Waals surface area (Å²) in [6.07, 6.45) is 2.61. The van der Waals surface area contributed by atoms with Gasteiger partial charge in [-0.1, -0.05) is 6.07 Å². The van der Waals surface area contributed by atoms with Gasteiger partial charge in [-0.25, -0.2) is 18.3 Å². The van der Waals surface area contributed by atoms with Crippen molar-refractivity contribution in [3.8, 4) is 17.0 Å². The van der Waals surface area contributed by atoms with E-state index in [4.69, 9.17) is 4.74 Å². The van der Waals surface area contributed by atoms with Gasteiger partial charge in [0.1, 0.15) is 23.6 Å². The maximum absolute atomic E-state index is 13.4. The molecule has 0 aliphatic carbocycles. The third kappa shape index (κ3) is 6.96. The lowest BCUT2D eigenvalue weighted by Crippen LogP contribution is -2.56. The molecule has 5 aromatic rings. The smallest absolute Gasteiger partial charge is 0.387 e. The number of tetrazole rings is 1. The molecule has 0 spiro atoms. The molecule has 0 bridgehead atoms. The number of benzene rings is 1. The largest absolute Gasteiger partial charge is 0.434 e. The zero-order valence-corrected chi connectivity index (χ0v) is 24.8. The lowest BCUT2D eigenvalue weighted by molar-refractivity contribution is -0.0494. The molecule has 5 heterocycles. The quantitative estimate of drug-likeness (QED) is 0.191. The number of alkyl halides is 4. The van der Waals surface area contributed by atoms with Gasteiger partial charge < -0.3 is 15.0 Å². The summed E-state index contributed by atoms with van der Waals surface area (Å²) in [5, 5.41) is 24.0. The molecule has 1 aliphatic rings. The summed E-state index contributed by atoms with van der Waals surface area (Å²) in [5.41, 5.74) is 0.653. The number of rotatable bonds is 13. The summed E-state index contributed by atoms with van der Waals surface area (Å²) in [4.78, 5) is 23.5. The minimum Gasteiger partial charge on any atom is -0.434 e. The number of hydrogen-bond donors (Lipinski definition) is 1. The van der Waals surface area contributed by atoms with Crippen LogP contribution in [0.4, 0.5) is 23.2 Å². The van der Waals surface area contributed by atoms with Crippen LogP contribution < -0.4 is 10.1 Å². The number of nitrogens with one attached hydrogen (secondary N) is 1. The van der Waals surface area contributed by atoms with E-state index in [-0.39, 0.29) is 46.0 Å². The van der Waals surface area contributed by atoms with Gasteiger partial charge in [0.15, 0.2) is 11.5 Å². The molecule has 18 heteroatoms. The lowest BCUT2D eigenvalue weighted by Gasteiger charge is -2.41. The number of fused-ring (bicyclic) bond motifs is 1. The van der Waals surface area contributed by atoms with Gasteiger partial charge in [-0.3, -0.25) is 14.4 Å². The van der Waals surface area contributed by atoms with Crippen molar-refractivity contribution in [3.05, 3.63) is 66.0 Å². The van der Waals surface area contributed by atoms with Crippen LogP contribution in [0.2, 0.25) is 0 Å². The van der Waals surface area contributed by atoms with Crippen molar-refractivity contribution in [2.24, 2.45) is 0 Å².